The zero-order chi connectivity index (χ0) is 19.6. The lowest BCUT2D eigenvalue weighted by molar-refractivity contribution is -0.119. The number of ether oxygens (including phenoxy) is 1. The van der Waals surface area contributed by atoms with Crippen molar-refractivity contribution in [3.8, 4) is 0 Å². The number of carbonyl (C=O) groups is 3. The predicted octanol–water partition coefficient (Wildman–Crippen LogP) is 2.33. The predicted molar refractivity (Wildman–Crippen MR) is 105 cm³/mol. The zero-order valence-electron chi connectivity index (χ0n) is 15.0. The molecule has 0 fully saturated rings. The van der Waals surface area contributed by atoms with Crippen LogP contribution in [0, 0.1) is 6.92 Å². The number of aromatic nitrogens is 1. The van der Waals surface area contributed by atoms with Gasteiger partial charge < -0.3 is 21.1 Å². The Kier molecular flexibility index (Phi) is 5.76. The molecular formula is C17H20N4O4S2. The lowest BCUT2D eigenvalue weighted by Gasteiger charge is -2.11. The first-order valence-corrected chi connectivity index (χ1v) is 10.1. The molecule has 1 aliphatic rings. The van der Waals surface area contributed by atoms with Crippen LogP contribution < -0.4 is 16.4 Å². The molecule has 144 valence electrons. The van der Waals surface area contributed by atoms with Gasteiger partial charge in [0.15, 0.2) is 6.61 Å². The van der Waals surface area contributed by atoms with Crippen LogP contribution >= 0.6 is 22.9 Å². The second kappa shape index (κ2) is 8.05. The van der Waals surface area contributed by atoms with E-state index < -0.39 is 24.4 Å². The Hall–Kier alpha value is -2.46. The molecule has 3 rings (SSSR count). The Balaban J connectivity index is 1.68. The Morgan fingerprint density at radius 3 is 2.63 bits per heavy atom. The van der Waals surface area contributed by atoms with Crippen LogP contribution in [0.15, 0.2) is 0 Å². The fourth-order valence-corrected chi connectivity index (χ4v) is 5.11. The summed E-state index contributed by atoms with van der Waals surface area (Å²) in [5.74, 6) is -1.70. The van der Waals surface area contributed by atoms with Gasteiger partial charge in [-0.05, 0) is 49.7 Å². The molecule has 27 heavy (non-hydrogen) atoms. The first kappa shape index (κ1) is 19.3. The smallest absolute Gasteiger partial charge is 0.343 e. The van der Waals surface area contributed by atoms with Gasteiger partial charge >= 0.3 is 5.97 Å². The van der Waals surface area contributed by atoms with Crippen molar-refractivity contribution in [3.05, 3.63) is 27.3 Å². The maximum Gasteiger partial charge on any atom is 0.343 e. The van der Waals surface area contributed by atoms with Crippen LogP contribution in [0.25, 0.3) is 0 Å². The normalized spacial score (nSPS) is 13.0. The van der Waals surface area contributed by atoms with Gasteiger partial charge in [-0.2, -0.15) is 4.37 Å². The average Bonchev–Trinajstić information content (AvgIpc) is 3.19. The number of nitrogens with two attached hydrogens (primary N) is 1. The molecule has 0 aromatic carbocycles. The number of thiophene rings is 1. The number of hydrogen-bond acceptors (Lipinski definition) is 8. The molecule has 2 aromatic heterocycles. The minimum atomic E-state index is -0.624. The molecular weight excluding hydrogens is 388 g/mol. The summed E-state index contributed by atoms with van der Waals surface area (Å²) in [5, 5.41) is 6.56. The van der Waals surface area contributed by atoms with E-state index in [0.29, 0.717) is 26.8 Å². The van der Waals surface area contributed by atoms with E-state index in [1.807, 2.05) is 0 Å². The first-order valence-electron chi connectivity index (χ1n) is 8.47. The Morgan fingerprint density at radius 1 is 1.19 bits per heavy atom. The highest BCUT2D eigenvalue weighted by molar-refractivity contribution is 7.17. The third-order valence-corrected chi connectivity index (χ3v) is 6.46. The minimum Gasteiger partial charge on any atom is -0.452 e. The number of amides is 2. The molecule has 2 heterocycles. The maximum absolute atomic E-state index is 12.3. The van der Waals surface area contributed by atoms with Gasteiger partial charge in [0, 0.05) is 11.9 Å². The van der Waals surface area contributed by atoms with E-state index >= 15 is 0 Å². The van der Waals surface area contributed by atoms with Gasteiger partial charge in [0.2, 0.25) is 0 Å². The number of primary amides is 1. The Bertz CT molecular complexity index is 903. The standard InChI is InChI=1S/C17H20N4O4S2/c1-8-12(15(19-2)27-21-8)17(24)25-7-11(22)20-16-13(14(18)23)9-5-3-4-6-10(9)26-16/h19H,3-7H2,1-2H3,(H2,18,23)(H,20,22). The van der Waals surface area contributed by atoms with E-state index in [0.717, 1.165) is 47.7 Å². The highest BCUT2D eigenvalue weighted by atomic mass is 32.1. The van der Waals surface area contributed by atoms with Crippen LogP contribution in [0.4, 0.5) is 10.0 Å². The minimum absolute atomic E-state index is 0.319. The van der Waals surface area contributed by atoms with Gasteiger partial charge in [-0.1, -0.05) is 0 Å². The van der Waals surface area contributed by atoms with E-state index in [2.05, 4.69) is 15.0 Å². The first-order chi connectivity index (χ1) is 12.9. The summed E-state index contributed by atoms with van der Waals surface area (Å²) in [5.41, 5.74) is 7.68. The van der Waals surface area contributed by atoms with Crippen molar-refractivity contribution in [2.24, 2.45) is 5.73 Å². The molecule has 1 aliphatic carbocycles. The molecule has 0 unspecified atom stereocenters. The summed E-state index contributed by atoms with van der Waals surface area (Å²) in [6, 6.07) is 0. The van der Waals surface area contributed by atoms with Gasteiger partial charge in [-0.25, -0.2) is 4.79 Å². The molecule has 0 bridgehead atoms. The van der Waals surface area contributed by atoms with E-state index in [1.54, 1.807) is 14.0 Å². The Labute approximate surface area is 164 Å². The van der Waals surface area contributed by atoms with Crippen LogP contribution in [0.3, 0.4) is 0 Å². The van der Waals surface area contributed by atoms with Crippen molar-refractivity contribution in [2.45, 2.75) is 32.6 Å². The van der Waals surface area contributed by atoms with Gasteiger partial charge in [-0.15, -0.1) is 11.3 Å². The van der Waals surface area contributed by atoms with Gasteiger partial charge in [0.25, 0.3) is 11.8 Å². The van der Waals surface area contributed by atoms with E-state index in [-0.39, 0.29) is 0 Å². The van der Waals surface area contributed by atoms with Crippen molar-refractivity contribution in [2.75, 3.05) is 24.3 Å². The SMILES string of the molecule is CNc1snc(C)c1C(=O)OCC(=O)Nc1sc2c(c1C(N)=O)CCCC2. The molecule has 0 aliphatic heterocycles. The summed E-state index contributed by atoms with van der Waals surface area (Å²) in [6.45, 7) is 1.24. The fraction of sp³-hybridized carbons (Fsp3) is 0.412. The summed E-state index contributed by atoms with van der Waals surface area (Å²) in [7, 11) is 1.68. The molecule has 4 N–H and O–H groups in total. The summed E-state index contributed by atoms with van der Waals surface area (Å²) < 4.78 is 9.21. The van der Waals surface area contributed by atoms with E-state index in [9.17, 15) is 14.4 Å². The zero-order valence-corrected chi connectivity index (χ0v) is 16.6. The molecule has 0 spiro atoms. The van der Waals surface area contributed by atoms with E-state index in [1.165, 1.54) is 11.3 Å². The van der Waals surface area contributed by atoms with Crippen molar-refractivity contribution in [1.29, 1.82) is 0 Å². The molecule has 8 nitrogen and oxygen atoms in total. The monoisotopic (exact) mass is 408 g/mol. The number of nitrogens with one attached hydrogen (secondary N) is 2. The van der Waals surface area contributed by atoms with Crippen LogP contribution in [0.1, 0.15) is 49.7 Å². The maximum atomic E-state index is 12.3. The van der Waals surface area contributed by atoms with Crippen molar-refractivity contribution in [1.82, 2.24) is 4.37 Å². The van der Waals surface area contributed by atoms with Gasteiger partial charge in [-0.3, -0.25) is 9.59 Å². The number of hydrogen-bond donors (Lipinski definition) is 3. The number of aryl methyl sites for hydroxylation is 2. The number of rotatable bonds is 6. The molecule has 0 saturated heterocycles. The topological polar surface area (TPSA) is 123 Å². The fourth-order valence-electron chi connectivity index (χ4n) is 3.06. The summed E-state index contributed by atoms with van der Waals surface area (Å²) in [6.07, 6.45) is 3.71. The second-order valence-electron chi connectivity index (χ2n) is 6.13. The van der Waals surface area contributed by atoms with Gasteiger partial charge in [0.1, 0.15) is 15.6 Å². The van der Waals surface area contributed by atoms with E-state index in [4.69, 9.17) is 10.5 Å². The second-order valence-corrected chi connectivity index (χ2v) is 8.00. The highest BCUT2D eigenvalue weighted by Crippen LogP contribution is 2.37. The summed E-state index contributed by atoms with van der Waals surface area (Å²) >= 11 is 2.52. The van der Waals surface area contributed by atoms with Crippen molar-refractivity contribution >= 4 is 50.7 Å². The molecule has 0 radical (unpaired) electrons. The number of anilines is 2. The number of carbonyl (C=O) groups excluding carboxylic acids is 3. The van der Waals surface area contributed by atoms with Crippen molar-refractivity contribution < 1.29 is 19.1 Å². The Morgan fingerprint density at radius 2 is 1.93 bits per heavy atom. The quantitative estimate of drug-likeness (QED) is 0.630. The number of fused-ring (bicyclic) bond motifs is 1. The number of esters is 1. The van der Waals surface area contributed by atoms with Crippen LogP contribution in [0.5, 0.6) is 0 Å². The molecule has 2 aromatic rings. The molecule has 0 atom stereocenters. The molecule has 2 amide bonds. The third kappa shape index (κ3) is 3.96. The van der Waals surface area contributed by atoms with Gasteiger partial charge in [0.05, 0.1) is 11.3 Å². The number of nitrogens with zero attached hydrogens (tertiary/aromatic N) is 1. The lowest BCUT2D eigenvalue weighted by Crippen LogP contribution is -2.23. The van der Waals surface area contributed by atoms with Crippen molar-refractivity contribution in [3.63, 3.8) is 0 Å². The average molecular weight is 409 g/mol. The highest BCUT2D eigenvalue weighted by Gasteiger charge is 2.25. The molecule has 0 saturated carbocycles. The van der Waals surface area contributed by atoms with Crippen LogP contribution in [0.2, 0.25) is 0 Å². The summed E-state index contributed by atoms with van der Waals surface area (Å²) in [4.78, 5) is 37.4. The van der Waals surface area contributed by atoms with Crippen LogP contribution in [-0.4, -0.2) is 35.8 Å². The largest absolute Gasteiger partial charge is 0.452 e. The lowest BCUT2D eigenvalue weighted by atomic mass is 9.95. The van der Waals surface area contributed by atoms with Crippen LogP contribution in [-0.2, 0) is 22.4 Å². The molecule has 10 heteroatoms. The third-order valence-electron chi connectivity index (χ3n) is 4.30.